The summed E-state index contributed by atoms with van der Waals surface area (Å²) in [5, 5.41) is 77.1. The Morgan fingerprint density at radius 2 is 1.43 bits per heavy atom. The van der Waals surface area contributed by atoms with Gasteiger partial charge in [-0.15, -0.1) is 0 Å². The third-order valence-corrected chi connectivity index (χ3v) is 18.3. The Morgan fingerprint density at radius 1 is 0.754 bits per heavy atom. The van der Waals surface area contributed by atoms with Crippen molar-refractivity contribution in [2.45, 2.75) is 199 Å². The van der Waals surface area contributed by atoms with Gasteiger partial charge in [0.15, 0.2) is 24.8 Å². The normalized spacial score (nSPS) is 53.8. The van der Waals surface area contributed by atoms with Crippen LogP contribution in [0.5, 0.6) is 0 Å². The van der Waals surface area contributed by atoms with Crippen LogP contribution in [0.25, 0.3) is 0 Å². The van der Waals surface area contributed by atoms with Gasteiger partial charge in [-0.25, -0.2) is 0 Å². The number of ether oxygens (including phenoxy) is 7. The van der Waals surface area contributed by atoms with E-state index in [1.165, 1.54) is 13.8 Å². The highest BCUT2D eigenvalue weighted by Crippen LogP contribution is 2.89. The maximum absolute atomic E-state index is 12.4. The second kappa shape index (κ2) is 15.3. The summed E-state index contributed by atoms with van der Waals surface area (Å²) in [6.07, 6.45) is -8.23. The largest absolute Gasteiger partial charge is 0.455 e. The van der Waals surface area contributed by atoms with Gasteiger partial charge in [0.1, 0.15) is 30.5 Å². The van der Waals surface area contributed by atoms with Crippen molar-refractivity contribution < 1.29 is 78.5 Å². The number of fused-ring (bicyclic) bond motifs is 2. The molecule has 5 saturated carbocycles. The van der Waals surface area contributed by atoms with E-state index in [1.807, 2.05) is 13.8 Å². The van der Waals surface area contributed by atoms with Crippen LogP contribution in [0.15, 0.2) is 0 Å². The molecule has 21 unspecified atom stereocenters. The summed E-state index contributed by atoms with van der Waals surface area (Å²) >= 11 is 0. The number of hydrogen-bond donors (Lipinski definition) is 7. The third kappa shape index (κ3) is 6.89. The van der Waals surface area contributed by atoms with Gasteiger partial charge < -0.3 is 68.9 Å². The molecule has 3 heterocycles. The van der Waals surface area contributed by atoms with E-state index < -0.39 is 109 Å². The van der Waals surface area contributed by atoms with Crippen molar-refractivity contribution in [3.8, 4) is 0 Å². The fourth-order valence-corrected chi connectivity index (χ4v) is 15.5. The summed E-state index contributed by atoms with van der Waals surface area (Å²) in [4.78, 5) is 24.5. The molecule has 5 aliphatic carbocycles. The van der Waals surface area contributed by atoms with Crippen LogP contribution in [-0.4, -0.2) is 152 Å². The lowest BCUT2D eigenvalue weighted by atomic mass is 9.41. The molecule has 16 heteroatoms. The Hall–Kier alpha value is -1.54. The maximum atomic E-state index is 12.4. The Bertz CT molecular complexity index is 1680. The van der Waals surface area contributed by atoms with Crippen molar-refractivity contribution in [1.29, 1.82) is 0 Å². The molecule has 3 aliphatic heterocycles. The van der Waals surface area contributed by atoms with Gasteiger partial charge in [-0.2, -0.15) is 0 Å². The van der Waals surface area contributed by atoms with Crippen LogP contribution in [0.1, 0.15) is 114 Å². The van der Waals surface area contributed by atoms with Gasteiger partial charge in [-0.05, 0) is 111 Å². The third-order valence-electron chi connectivity index (χ3n) is 18.3. The van der Waals surface area contributed by atoms with Crippen LogP contribution in [0.2, 0.25) is 0 Å². The first-order valence-corrected chi connectivity index (χ1v) is 22.6. The molecule has 0 aromatic carbocycles. The van der Waals surface area contributed by atoms with Crippen molar-refractivity contribution in [1.82, 2.24) is 0 Å². The Labute approximate surface area is 358 Å². The zero-order chi connectivity index (χ0) is 44.6. The van der Waals surface area contributed by atoms with Crippen molar-refractivity contribution in [2.75, 3.05) is 19.8 Å². The van der Waals surface area contributed by atoms with Crippen LogP contribution in [-0.2, 0) is 42.7 Å². The lowest BCUT2D eigenvalue weighted by Crippen LogP contribution is -2.65. The maximum Gasteiger partial charge on any atom is 0.303 e. The first-order chi connectivity index (χ1) is 28.3. The van der Waals surface area contributed by atoms with E-state index in [-0.39, 0.29) is 51.9 Å². The SMILES string of the molecule is CC(=O)OC1C(O)COC(OC2CCC34CC35CCC3(C)C(C6(C)CC(C(C)(C)O)CO6)C(O)CC3(C)C5CC(OC3OC(CO)C(O)C(O)C3O)C4C2(C)C)C1OC(C)=O. The molecule has 0 amide bonds. The highest BCUT2D eigenvalue weighted by molar-refractivity contribution is 5.67. The molecule has 21 atom stereocenters. The molecule has 0 bridgehead atoms. The average molecular weight is 869 g/mol. The number of aliphatic hydroxyl groups is 7. The Kier molecular flexibility index (Phi) is 11.5. The van der Waals surface area contributed by atoms with Crippen LogP contribution < -0.4 is 0 Å². The molecule has 61 heavy (non-hydrogen) atoms. The fraction of sp³-hybridized carbons (Fsp3) is 0.956. The molecule has 8 fully saturated rings. The highest BCUT2D eigenvalue weighted by atomic mass is 16.7. The van der Waals surface area contributed by atoms with E-state index in [2.05, 4.69) is 34.6 Å². The van der Waals surface area contributed by atoms with Gasteiger partial charge in [0.2, 0.25) is 0 Å². The number of esters is 2. The number of aliphatic hydroxyl groups excluding tert-OH is 6. The summed E-state index contributed by atoms with van der Waals surface area (Å²) in [5.41, 5.74) is -3.36. The molecule has 348 valence electrons. The Morgan fingerprint density at radius 3 is 2.05 bits per heavy atom. The number of rotatable bonds is 9. The van der Waals surface area contributed by atoms with E-state index in [4.69, 9.17) is 33.2 Å². The predicted octanol–water partition coefficient (Wildman–Crippen LogP) is 1.72. The standard InChI is InChI=1S/C45H72O16/c1-21(47)57-33-25(50)19-55-38(34(33)58-22(2)48)61-29-10-11-45-20-44(45)13-12-41(7)35(43(9)15-23(18-56-43)40(5,6)54)24(49)16-42(41,8)28(44)14-26(36(45)39(29,3)4)59-37-32(53)31(52)30(51)27(17-46)60-37/h23-38,46,49-54H,10-20H2,1-9H3. The molecular weight excluding hydrogens is 796 g/mol. The highest BCUT2D eigenvalue weighted by Gasteiger charge is 2.85. The van der Waals surface area contributed by atoms with E-state index in [0.29, 0.717) is 32.3 Å². The van der Waals surface area contributed by atoms with Gasteiger partial charge in [-0.1, -0.05) is 27.7 Å². The fourth-order valence-electron chi connectivity index (χ4n) is 15.5. The van der Waals surface area contributed by atoms with Crippen molar-refractivity contribution in [3.63, 3.8) is 0 Å². The molecule has 0 aromatic heterocycles. The van der Waals surface area contributed by atoms with E-state index in [1.54, 1.807) is 0 Å². The minimum absolute atomic E-state index is 0.0638. The second-order valence-corrected chi connectivity index (χ2v) is 22.3. The van der Waals surface area contributed by atoms with E-state index >= 15 is 0 Å². The molecular formula is C45H72O16. The molecule has 7 N–H and O–H groups in total. The van der Waals surface area contributed by atoms with Crippen LogP contribution in [0.3, 0.4) is 0 Å². The van der Waals surface area contributed by atoms with Crippen molar-refractivity contribution in [3.05, 3.63) is 0 Å². The monoisotopic (exact) mass is 868 g/mol. The molecule has 8 aliphatic rings. The van der Waals surface area contributed by atoms with Gasteiger partial charge in [0.05, 0.1) is 49.3 Å². The van der Waals surface area contributed by atoms with Crippen LogP contribution >= 0.6 is 0 Å². The average Bonchev–Trinajstić information content (AvgIpc) is 3.52. The van der Waals surface area contributed by atoms with Crippen molar-refractivity contribution in [2.24, 2.45) is 50.7 Å². The van der Waals surface area contributed by atoms with Crippen molar-refractivity contribution >= 4 is 11.9 Å². The lowest BCUT2D eigenvalue weighted by Gasteiger charge is -2.65. The Balaban J connectivity index is 1.15. The van der Waals surface area contributed by atoms with Crippen LogP contribution in [0.4, 0.5) is 0 Å². The molecule has 0 radical (unpaired) electrons. The zero-order valence-corrected chi connectivity index (χ0v) is 37.3. The smallest absolute Gasteiger partial charge is 0.303 e. The molecule has 8 rings (SSSR count). The van der Waals surface area contributed by atoms with Gasteiger partial charge in [-0.3, -0.25) is 9.59 Å². The van der Waals surface area contributed by atoms with E-state index in [0.717, 1.165) is 25.7 Å². The van der Waals surface area contributed by atoms with Gasteiger partial charge in [0, 0.05) is 25.7 Å². The quantitative estimate of drug-likeness (QED) is 0.129. The number of carbonyl (C=O) groups excluding carboxylic acids is 2. The van der Waals surface area contributed by atoms with Gasteiger partial charge in [0.25, 0.3) is 0 Å². The minimum atomic E-state index is -1.63. The molecule has 3 saturated heterocycles. The first kappa shape index (κ1) is 46.0. The summed E-state index contributed by atoms with van der Waals surface area (Å²) in [6, 6.07) is 0. The molecule has 2 spiro atoms. The summed E-state index contributed by atoms with van der Waals surface area (Å²) < 4.78 is 43.5. The second-order valence-electron chi connectivity index (χ2n) is 22.3. The predicted molar refractivity (Wildman–Crippen MR) is 213 cm³/mol. The lowest BCUT2D eigenvalue weighted by molar-refractivity contribution is -0.339. The first-order valence-electron chi connectivity index (χ1n) is 22.6. The van der Waals surface area contributed by atoms with E-state index in [9.17, 15) is 45.3 Å². The van der Waals surface area contributed by atoms with Crippen LogP contribution in [0, 0.1) is 50.7 Å². The summed E-state index contributed by atoms with van der Waals surface area (Å²) in [5.74, 6) is -1.74. The minimum Gasteiger partial charge on any atom is -0.455 e. The zero-order valence-electron chi connectivity index (χ0n) is 37.3. The molecule has 0 aromatic rings. The molecule has 16 nitrogen and oxygen atoms in total. The number of hydrogen-bond acceptors (Lipinski definition) is 16. The number of carbonyl (C=O) groups is 2. The summed E-state index contributed by atoms with van der Waals surface area (Å²) in [7, 11) is 0. The topological polar surface area (TPSA) is 240 Å². The summed E-state index contributed by atoms with van der Waals surface area (Å²) in [6.45, 7) is 16.6. The van der Waals surface area contributed by atoms with Gasteiger partial charge >= 0.3 is 11.9 Å².